The lowest BCUT2D eigenvalue weighted by Crippen LogP contribution is -2.31. The number of hydrogen-bond donors (Lipinski definition) is 2. The number of carbonyl (C=O) groups is 1. The van der Waals surface area contributed by atoms with Gasteiger partial charge in [0.1, 0.15) is 0 Å². The topological polar surface area (TPSA) is 41.1 Å². The number of alkyl halides is 3. The molecule has 2 aromatic rings. The van der Waals surface area contributed by atoms with Crippen molar-refractivity contribution in [1.82, 2.24) is 5.32 Å². The van der Waals surface area contributed by atoms with Crippen LogP contribution in [0.15, 0.2) is 54.6 Å². The molecule has 1 atom stereocenters. The Hall–Kier alpha value is -2.50. The number of halogens is 3. The van der Waals surface area contributed by atoms with Crippen molar-refractivity contribution in [2.75, 3.05) is 5.32 Å². The highest BCUT2D eigenvalue weighted by molar-refractivity contribution is 5.90. The van der Waals surface area contributed by atoms with E-state index in [9.17, 15) is 18.0 Å². The van der Waals surface area contributed by atoms with Crippen LogP contribution >= 0.6 is 0 Å². The van der Waals surface area contributed by atoms with Gasteiger partial charge in [-0.05, 0) is 24.6 Å². The van der Waals surface area contributed by atoms with Gasteiger partial charge in [-0.25, -0.2) is 4.79 Å². The van der Waals surface area contributed by atoms with Crippen LogP contribution < -0.4 is 10.6 Å². The van der Waals surface area contributed by atoms with Crippen LogP contribution in [-0.4, -0.2) is 6.03 Å². The summed E-state index contributed by atoms with van der Waals surface area (Å²) in [5.74, 6) is 0. The summed E-state index contributed by atoms with van der Waals surface area (Å²) < 4.78 is 38.6. The highest BCUT2D eigenvalue weighted by atomic mass is 19.4. The zero-order chi connectivity index (χ0) is 16.2. The van der Waals surface area contributed by atoms with Crippen LogP contribution in [0.4, 0.5) is 23.7 Å². The Kier molecular flexibility index (Phi) is 4.70. The van der Waals surface area contributed by atoms with Crippen molar-refractivity contribution in [3.05, 3.63) is 65.7 Å². The fourth-order valence-corrected chi connectivity index (χ4v) is 2.02. The van der Waals surface area contributed by atoms with E-state index in [1.807, 2.05) is 30.3 Å². The van der Waals surface area contributed by atoms with E-state index in [1.165, 1.54) is 18.2 Å². The molecule has 0 heterocycles. The van der Waals surface area contributed by atoms with E-state index in [1.54, 1.807) is 6.92 Å². The van der Waals surface area contributed by atoms with Gasteiger partial charge in [0.15, 0.2) is 0 Å². The number of para-hydroxylation sites is 1. The smallest absolute Gasteiger partial charge is 0.331 e. The number of carbonyl (C=O) groups excluding carboxylic acids is 1. The Balaban J connectivity index is 2.07. The molecule has 2 amide bonds. The zero-order valence-corrected chi connectivity index (χ0v) is 11.8. The molecule has 0 bridgehead atoms. The molecule has 0 aliphatic heterocycles. The molecule has 0 aliphatic rings. The lowest BCUT2D eigenvalue weighted by molar-refractivity contribution is -0.136. The fraction of sp³-hybridized carbons (Fsp3) is 0.188. The van der Waals surface area contributed by atoms with Crippen LogP contribution in [0, 0.1) is 0 Å². The third-order valence-corrected chi connectivity index (χ3v) is 3.13. The maximum absolute atomic E-state index is 12.9. The molecule has 2 rings (SSSR count). The second-order valence-corrected chi connectivity index (χ2v) is 4.77. The van der Waals surface area contributed by atoms with Crippen molar-refractivity contribution in [2.24, 2.45) is 0 Å². The van der Waals surface area contributed by atoms with Gasteiger partial charge in [-0.1, -0.05) is 42.5 Å². The van der Waals surface area contributed by atoms with Gasteiger partial charge in [-0.2, -0.15) is 13.2 Å². The van der Waals surface area contributed by atoms with E-state index >= 15 is 0 Å². The third-order valence-electron chi connectivity index (χ3n) is 3.13. The van der Waals surface area contributed by atoms with Gasteiger partial charge in [0.25, 0.3) is 0 Å². The van der Waals surface area contributed by atoms with Crippen molar-refractivity contribution < 1.29 is 18.0 Å². The van der Waals surface area contributed by atoms with Gasteiger partial charge in [0.05, 0.1) is 17.3 Å². The van der Waals surface area contributed by atoms with E-state index in [-0.39, 0.29) is 11.7 Å². The molecule has 0 aromatic heterocycles. The van der Waals surface area contributed by atoms with Gasteiger partial charge >= 0.3 is 12.2 Å². The highest BCUT2D eigenvalue weighted by Crippen LogP contribution is 2.34. The van der Waals surface area contributed by atoms with Gasteiger partial charge in [0.2, 0.25) is 0 Å². The van der Waals surface area contributed by atoms with E-state index in [0.29, 0.717) is 0 Å². The molecule has 2 aromatic carbocycles. The summed E-state index contributed by atoms with van der Waals surface area (Å²) in [4.78, 5) is 11.9. The molecule has 2 N–H and O–H groups in total. The fourth-order valence-electron chi connectivity index (χ4n) is 2.02. The summed E-state index contributed by atoms with van der Waals surface area (Å²) in [5, 5.41) is 4.85. The number of nitrogens with one attached hydrogen (secondary N) is 2. The highest BCUT2D eigenvalue weighted by Gasteiger charge is 2.33. The van der Waals surface area contributed by atoms with Crippen molar-refractivity contribution in [3.63, 3.8) is 0 Å². The number of anilines is 1. The summed E-state index contributed by atoms with van der Waals surface area (Å²) in [5.41, 5.74) is -0.285. The molecule has 6 heteroatoms. The quantitative estimate of drug-likeness (QED) is 0.855. The monoisotopic (exact) mass is 308 g/mol. The Morgan fingerprint density at radius 3 is 2.23 bits per heavy atom. The van der Waals surface area contributed by atoms with Gasteiger partial charge in [0, 0.05) is 0 Å². The molecule has 0 spiro atoms. The largest absolute Gasteiger partial charge is 0.418 e. The normalized spacial score (nSPS) is 12.5. The van der Waals surface area contributed by atoms with Crippen LogP contribution in [0.1, 0.15) is 24.1 Å². The number of hydrogen-bond acceptors (Lipinski definition) is 1. The number of benzene rings is 2. The van der Waals surface area contributed by atoms with Gasteiger partial charge < -0.3 is 10.6 Å². The predicted octanol–water partition coefficient (Wildman–Crippen LogP) is 4.59. The average Bonchev–Trinajstić information content (AvgIpc) is 2.47. The second-order valence-electron chi connectivity index (χ2n) is 4.77. The molecule has 116 valence electrons. The Morgan fingerprint density at radius 2 is 1.59 bits per heavy atom. The molecule has 0 saturated heterocycles. The first kappa shape index (κ1) is 15.9. The maximum Gasteiger partial charge on any atom is 0.418 e. The van der Waals surface area contributed by atoms with Crippen LogP contribution in [0.2, 0.25) is 0 Å². The predicted molar refractivity (Wildman–Crippen MR) is 78.5 cm³/mol. The second kappa shape index (κ2) is 6.51. The van der Waals surface area contributed by atoms with Crippen LogP contribution in [0.5, 0.6) is 0 Å². The van der Waals surface area contributed by atoms with Crippen LogP contribution in [0.3, 0.4) is 0 Å². The summed E-state index contributed by atoms with van der Waals surface area (Å²) in [6.45, 7) is 1.75. The van der Waals surface area contributed by atoms with Crippen molar-refractivity contribution in [2.45, 2.75) is 19.1 Å². The first-order valence-electron chi connectivity index (χ1n) is 6.66. The van der Waals surface area contributed by atoms with E-state index < -0.39 is 17.8 Å². The molecule has 0 radical (unpaired) electrons. The van der Waals surface area contributed by atoms with Gasteiger partial charge in [-0.15, -0.1) is 0 Å². The summed E-state index contributed by atoms with van der Waals surface area (Å²) in [7, 11) is 0. The summed E-state index contributed by atoms with van der Waals surface area (Å²) >= 11 is 0. The maximum atomic E-state index is 12.9. The minimum absolute atomic E-state index is 0.271. The minimum Gasteiger partial charge on any atom is -0.331 e. The van der Waals surface area contributed by atoms with Crippen LogP contribution in [0.25, 0.3) is 0 Å². The third kappa shape index (κ3) is 4.00. The Morgan fingerprint density at radius 1 is 1.00 bits per heavy atom. The Labute approximate surface area is 126 Å². The molecule has 22 heavy (non-hydrogen) atoms. The molecular weight excluding hydrogens is 293 g/mol. The van der Waals surface area contributed by atoms with E-state index in [0.717, 1.165) is 11.6 Å². The van der Waals surface area contributed by atoms with Gasteiger partial charge in [-0.3, -0.25) is 0 Å². The average molecular weight is 308 g/mol. The first-order chi connectivity index (χ1) is 10.4. The first-order valence-corrected chi connectivity index (χ1v) is 6.66. The molecule has 0 saturated carbocycles. The molecule has 0 aliphatic carbocycles. The minimum atomic E-state index is -4.52. The van der Waals surface area contributed by atoms with Crippen molar-refractivity contribution in [1.29, 1.82) is 0 Å². The molecular formula is C16H15F3N2O. The number of rotatable bonds is 3. The summed E-state index contributed by atoms with van der Waals surface area (Å²) in [6.07, 6.45) is -4.52. The standard InChI is InChI=1S/C16H15F3N2O/c1-11(12-7-3-2-4-8-12)20-15(22)21-14-10-6-5-9-13(14)16(17,18)19/h2-11H,1H3,(H2,20,21,22)/t11-/m0/s1. The molecule has 3 nitrogen and oxygen atoms in total. The number of amides is 2. The van der Waals surface area contributed by atoms with Crippen LogP contribution in [-0.2, 0) is 6.18 Å². The molecule has 0 fully saturated rings. The lowest BCUT2D eigenvalue weighted by Gasteiger charge is -2.17. The SMILES string of the molecule is C[C@H](NC(=O)Nc1ccccc1C(F)(F)F)c1ccccc1. The van der Waals surface area contributed by atoms with Crippen molar-refractivity contribution in [3.8, 4) is 0 Å². The Bertz CT molecular complexity index is 641. The van der Waals surface area contributed by atoms with E-state index in [2.05, 4.69) is 10.6 Å². The lowest BCUT2D eigenvalue weighted by atomic mass is 10.1. The van der Waals surface area contributed by atoms with Crippen molar-refractivity contribution >= 4 is 11.7 Å². The van der Waals surface area contributed by atoms with E-state index in [4.69, 9.17) is 0 Å². The number of urea groups is 1. The zero-order valence-electron chi connectivity index (χ0n) is 11.8. The molecule has 0 unspecified atom stereocenters. The summed E-state index contributed by atoms with van der Waals surface area (Å²) in [6, 6.07) is 13.0.